The number of alkyl halides is 3. The Kier molecular flexibility index (Phi) is 4.69. The van der Waals surface area contributed by atoms with E-state index in [9.17, 15) is 23.1 Å². The number of amides is 1. The van der Waals surface area contributed by atoms with Crippen LogP contribution in [0.1, 0.15) is 27.6 Å². The summed E-state index contributed by atoms with van der Waals surface area (Å²) in [4.78, 5) is 26.4. The Morgan fingerprint density at radius 2 is 2.07 bits per heavy atom. The van der Waals surface area contributed by atoms with Crippen molar-refractivity contribution >= 4 is 11.6 Å². The Balaban J connectivity index is 1.58. The van der Waals surface area contributed by atoms with Crippen molar-refractivity contribution in [2.24, 2.45) is 5.92 Å². The first-order valence-electron chi connectivity index (χ1n) is 8.89. The lowest BCUT2D eigenvalue weighted by Gasteiger charge is -2.14. The molecule has 2 atom stereocenters. The molecule has 29 heavy (non-hydrogen) atoms. The van der Waals surface area contributed by atoms with Crippen LogP contribution in [0.2, 0.25) is 0 Å². The zero-order chi connectivity index (χ0) is 20.8. The highest BCUT2D eigenvalue weighted by atomic mass is 19.4. The third-order valence-corrected chi connectivity index (χ3v) is 4.85. The standard InChI is InChI=1S/C18H17F3N6O2/c1-10-4-15(18(19,20)21)27-16(24-10)6-13(25-27)17(29)26-8-11(14(28)9-26)5-12-7-22-2-3-23-12/h2-4,6-7,11,14,28H,5,8-9H2,1H3/t11-,14-/m1/s1. The van der Waals surface area contributed by atoms with Crippen LogP contribution in [0.3, 0.4) is 0 Å². The van der Waals surface area contributed by atoms with Crippen LogP contribution in [0.15, 0.2) is 30.7 Å². The molecule has 1 amide bonds. The molecule has 1 N–H and O–H groups in total. The molecule has 4 rings (SSSR count). The van der Waals surface area contributed by atoms with E-state index in [1.807, 2.05) is 0 Å². The molecule has 3 aromatic rings. The minimum absolute atomic E-state index is 0.0588. The number of hydrogen-bond donors (Lipinski definition) is 1. The van der Waals surface area contributed by atoms with Crippen molar-refractivity contribution in [3.05, 3.63) is 53.5 Å². The van der Waals surface area contributed by atoms with Gasteiger partial charge < -0.3 is 10.0 Å². The third kappa shape index (κ3) is 3.77. The number of rotatable bonds is 3. The van der Waals surface area contributed by atoms with Crippen molar-refractivity contribution in [2.75, 3.05) is 13.1 Å². The molecule has 1 aliphatic rings. The van der Waals surface area contributed by atoms with Gasteiger partial charge >= 0.3 is 6.18 Å². The van der Waals surface area contributed by atoms with Crippen molar-refractivity contribution < 1.29 is 23.1 Å². The summed E-state index contributed by atoms with van der Waals surface area (Å²) in [6, 6.07) is 2.11. The highest BCUT2D eigenvalue weighted by Gasteiger charge is 2.37. The van der Waals surface area contributed by atoms with E-state index in [4.69, 9.17) is 0 Å². The average molecular weight is 406 g/mol. The lowest BCUT2D eigenvalue weighted by molar-refractivity contribution is -0.142. The molecule has 0 aromatic carbocycles. The zero-order valence-electron chi connectivity index (χ0n) is 15.3. The number of fused-ring (bicyclic) bond motifs is 1. The Bertz CT molecular complexity index is 1050. The SMILES string of the molecule is Cc1cc(C(F)(F)F)n2nc(C(=O)N3C[C@@H](Cc4cnccn4)[C@H](O)C3)cc2n1. The number of β-amino-alcohol motifs (C(OH)–C–C–N with tert-alkyl or cyclic N) is 1. The maximum Gasteiger partial charge on any atom is 0.433 e. The molecule has 1 aliphatic heterocycles. The number of halogens is 3. The van der Waals surface area contributed by atoms with E-state index < -0.39 is 23.9 Å². The van der Waals surface area contributed by atoms with E-state index >= 15 is 0 Å². The lowest BCUT2D eigenvalue weighted by atomic mass is 10.0. The van der Waals surface area contributed by atoms with Crippen molar-refractivity contribution in [1.29, 1.82) is 0 Å². The first-order chi connectivity index (χ1) is 13.7. The van der Waals surface area contributed by atoms with Gasteiger partial charge in [0.25, 0.3) is 5.91 Å². The molecule has 0 spiro atoms. The fourth-order valence-corrected chi connectivity index (χ4v) is 3.49. The van der Waals surface area contributed by atoms with Gasteiger partial charge in [0.2, 0.25) is 0 Å². The van der Waals surface area contributed by atoms with Crippen LogP contribution in [0, 0.1) is 12.8 Å². The number of aryl methyl sites for hydroxylation is 1. The summed E-state index contributed by atoms with van der Waals surface area (Å²) in [7, 11) is 0. The molecule has 0 unspecified atom stereocenters. The summed E-state index contributed by atoms with van der Waals surface area (Å²) in [5.41, 5.74) is -0.351. The smallest absolute Gasteiger partial charge is 0.391 e. The molecular formula is C18H17F3N6O2. The summed E-state index contributed by atoms with van der Waals surface area (Å²) in [5, 5.41) is 14.2. The Morgan fingerprint density at radius 3 is 2.76 bits per heavy atom. The first kappa shape index (κ1) is 19.2. The van der Waals surface area contributed by atoms with Gasteiger partial charge in [-0.1, -0.05) is 0 Å². The zero-order valence-corrected chi connectivity index (χ0v) is 15.3. The average Bonchev–Trinajstić information content (AvgIpc) is 3.24. The van der Waals surface area contributed by atoms with E-state index in [0.29, 0.717) is 16.6 Å². The predicted molar refractivity (Wildman–Crippen MR) is 93.9 cm³/mol. The Hall–Kier alpha value is -3.08. The van der Waals surface area contributed by atoms with Gasteiger partial charge in [0.05, 0.1) is 11.8 Å². The second-order valence-corrected chi connectivity index (χ2v) is 7.02. The molecule has 152 valence electrons. The number of aromatic nitrogens is 5. The summed E-state index contributed by atoms with van der Waals surface area (Å²) < 4.78 is 40.5. The van der Waals surface area contributed by atoms with Crippen LogP contribution in [-0.4, -0.2) is 59.7 Å². The minimum atomic E-state index is -4.63. The van der Waals surface area contributed by atoms with E-state index in [-0.39, 0.29) is 36.0 Å². The highest BCUT2D eigenvalue weighted by Crippen LogP contribution is 2.30. The number of aliphatic hydroxyl groups excluding tert-OH is 1. The van der Waals surface area contributed by atoms with Gasteiger partial charge in [-0.25, -0.2) is 9.50 Å². The fourth-order valence-electron chi connectivity index (χ4n) is 3.49. The fraction of sp³-hybridized carbons (Fsp3) is 0.389. The van der Waals surface area contributed by atoms with Gasteiger partial charge in [-0.3, -0.25) is 14.8 Å². The summed E-state index contributed by atoms with van der Waals surface area (Å²) >= 11 is 0. The molecule has 0 bridgehead atoms. The number of carbonyl (C=O) groups is 1. The highest BCUT2D eigenvalue weighted by molar-refractivity contribution is 5.93. The van der Waals surface area contributed by atoms with Gasteiger partial charge in [-0.15, -0.1) is 0 Å². The number of hydrogen-bond acceptors (Lipinski definition) is 6. The molecule has 11 heteroatoms. The van der Waals surface area contributed by atoms with Gasteiger partial charge in [0, 0.05) is 49.4 Å². The molecule has 1 fully saturated rings. The Labute approximate surface area is 163 Å². The quantitative estimate of drug-likeness (QED) is 0.709. The van der Waals surface area contributed by atoms with Gasteiger partial charge in [0.1, 0.15) is 5.69 Å². The summed E-state index contributed by atoms with van der Waals surface area (Å²) in [6.45, 7) is 1.75. The van der Waals surface area contributed by atoms with Crippen molar-refractivity contribution in [1.82, 2.24) is 29.5 Å². The van der Waals surface area contributed by atoms with Crippen LogP contribution in [0.25, 0.3) is 5.65 Å². The van der Waals surface area contributed by atoms with Crippen LogP contribution in [0.5, 0.6) is 0 Å². The van der Waals surface area contributed by atoms with Crippen LogP contribution < -0.4 is 0 Å². The molecular weight excluding hydrogens is 389 g/mol. The molecule has 1 saturated heterocycles. The number of aliphatic hydroxyl groups is 1. The molecule has 0 aliphatic carbocycles. The molecule has 3 aromatic heterocycles. The van der Waals surface area contributed by atoms with Crippen molar-refractivity contribution in [3.63, 3.8) is 0 Å². The molecule has 0 saturated carbocycles. The van der Waals surface area contributed by atoms with E-state index in [1.165, 1.54) is 17.9 Å². The van der Waals surface area contributed by atoms with Crippen LogP contribution >= 0.6 is 0 Å². The second kappa shape index (κ2) is 7.07. The van der Waals surface area contributed by atoms with Gasteiger partial charge in [-0.2, -0.15) is 18.3 Å². The number of nitrogens with zero attached hydrogens (tertiary/aromatic N) is 6. The predicted octanol–water partition coefficient (Wildman–Crippen LogP) is 1.52. The van der Waals surface area contributed by atoms with E-state index in [2.05, 4.69) is 20.1 Å². The monoisotopic (exact) mass is 406 g/mol. The first-order valence-corrected chi connectivity index (χ1v) is 8.89. The Morgan fingerprint density at radius 1 is 1.28 bits per heavy atom. The summed E-state index contributed by atoms with van der Waals surface area (Å²) in [5.74, 6) is -0.805. The number of likely N-dealkylation sites (tertiary alicyclic amines) is 1. The molecule has 0 radical (unpaired) electrons. The number of carbonyl (C=O) groups excluding carboxylic acids is 1. The lowest BCUT2D eigenvalue weighted by Crippen LogP contribution is -2.30. The van der Waals surface area contributed by atoms with E-state index in [0.717, 1.165) is 6.07 Å². The summed E-state index contributed by atoms with van der Waals surface area (Å²) in [6.07, 6.45) is -0.301. The third-order valence-electron chi connectivity index (χ3n) is 4.85. The largest absolute Gasteiger partial charge is 0.433 e. The maximum atomic E-state index is 13.3. The molecule has 8 nitrogen and oxygen atoms in total. The maximum absolute atomic E-state index is 13.3. The topological polar surface area (TPSA) is 96.5 Å². The van der Waals surface area contributed by atoms with Gasteiger partial charge in [0.15, 0.2) is 11.3 Å². The normalized spacial score (nSPS) is 19.8. The van der Waals surface area contributed by atoms with Gasteiger partial charge in [-0.05, 0) is 19.4 Å². The van der Waals surface area contributed by atoms with Crippen molar-refractivity contribution in [3.8, 4) is 0 Å². The van der Waals surface area contributed by atoms with Crippen molar-refractivity contribution in [2.45, 2.75) is 25.6 Å². The van der Waals surface area contributed by atoms with Crippen LogP contribution in [-0.2, 0) is 12.6 Å². The molecule has 4 heterocycles. The second-order valence-electron chi connectivity index (χ2n) is 7.02. The minimum Gasteiger partial charge on any atom is -0.391 e. The van der Waals surface area contributed by atoms with E-state index in [1.54, 1.807) is 18.6 Å². The van der Waals surface area contributed by atoms with Crippen LogP contribution in [0.4, 0.5) is 13.2 Å².